The van der Waals surface area contributed by atoms with E-state index in [1.54, 1.807) is 54.6 Å². The number of aromatic nitrogens is 2. The molecule has 1 aliphatic rings. The van der Waals surface area contributed by atoms with E-state index < -0.39 is 70.6 Å². The van der Waals surface area contributed by atoms with Gasteiger partial charge in [0.25, 0.3) is 5.56 Å². The SMILES string of the molecule is C[C@H](NC(=O)OCc1ccccc1)C(=O)N[C@@H](C)C(=O)NC1CCN(c2nc3c(-c4ccc(F)cc4F)cc(C(=O)OCc4ccccc4)c(=O)n3cc2F)C1. The number of pyridine rings is 1. The molecule has 56 heavy (non-hydrogen) atoms. The molecule has 16 heteroatoms. The van der Waals surface area contributed by atoms with Crippen molar-refractivity contribution in [1.29, 1.82) is 0 Å². The van der Waals surface area contributed by atoms with E-state index in [9.17, 15) is 28.4 Å². The first-order chi connectivity index (χ1) is 26.9. The number of esters is 1. The van der Waals surface area contributed by atoms with Gasteiger partial charge in [-0.3, -0.25) is 18.8 Å². The smallest absolute Gasteiger partial charge is 0.408 e. The maximum absolute atomic E-state index is 15.8. The first-order valence-corrected chi connectivity index (χ1v) is 17.6. The number of hydrogen-bond donors (Lipinski definition) is 3. The zero-order valence-corrected chi connectivity index (χ0v) is 30.3. The van der Waals surface area contributed by atoms with Crippen LogP contribution in [0.4, 0.5) is 23.8 Å². The van der Waals surface area contributed by atoms with Crippen LogP contribution in [0, 0.1) is 17.5 Å². The van der Waals surface area contributed by atoms with Gasteiger partial charge in [0.15, 0.2) is 11.6 Å². The number of ether oxygens (including phenoxy) is 2. The average Bonchev–Trinajstić information content (AvgIpc) is 3.65. The second kappa shape index (κ2) is 17.2. The first kappa shape index (κ1) is 39.0. The number of fused-ring (bicyclic) bond motifs is 1. The van der Waals surface area contributed by atoms with Gasteiger partial charge in [-0.1, -0.05) is 60.7 Å². The summed E-state index contributed by atoms with van der Waals surface area (Å²) in [7, 11) is 0. The van der Waals surface area contributed by atoms with E-state index in [-0.39, 0.29) is 48.9 Å². The highest BCUT2D eigenvalue weighted by Crippen LogP contribution is 2.30. The van der Waals surface area contributed by atoms with E-state index in [0.29, 0.717) is 18.1 Å². The second-order valence-electron chi connectivity index (χ2n) is 13.2. The number of halogens is 3. The quantitative estimate of drug-likeness (QED) is 0.154. The highest BCUT2D eigenvalue weighted by Gasteiger charge is 2.31. The number of carbonyl (C=O) groups is 4. The Balaban J connectivity index is 1.14. The average molecular weight is 771 g/mol. The summed E-state index contributed by atoms with van der Waals surface area (Å²) in [4.78, 5) is 70.6. The molecule has 3 atom stereocenters. The highest BCUT2D eigenvalue weighted by molar-refractivity contribution is 5.93. The molecule has 0 bridgehead atoms. The van der Waals surface area contributed by atoms with Crippen LogP contribution >= 0.6 is 0 Å². The predicted octanol–water partition coefficient (Wildman–Crippen LogP) is 4.65. The van der Waals surface area contributed by atoms with Crippen molar-refractivity contribution in [1.82, 2.24) is 25.3 Å². The summed E-state index contributed by atoms with van der Waals surface area (Å²) in [5, 5.41) is 7.77. The first-order valence-electron chi connectivity index (χ1n) is 17.6. The highest BCUT2D eigenvalue weighted by atomic mass is 19.1. The van der Waals surface area contributed by atoms with Crippen LogP contribution in [-0.2, 0) is 32.3 Å². The number of alkyl carbamates (subject to hydrolysis) is 1. The van der Waals surface area contributed by atoms with Gasteiger partial charge in [-0.15, -0.1) is 0 Å². The van der Waals surface area contributed by atoms with Crippen LogP contribution in [0.25, 0.3) is 16.8 Å². The lowest BCUT2D eigenvalue weighted by Crippen LogP contribution is -2.53. The minimum atomic E-state index is -1.04. The molecule has 3 N–H and O–H groups in total. The van der Waals surface area contributed by atoms with E-state index in [2.05, 4.69) is 20.9 Å². The Morgan fingerprint density at radius 1 is 0.804 bits per heavy atom. The van der Waals surface area contributed by atoms with Gasteiger partial charge in [0.2, 0.25) is 11.8 Å². The molecule has 0 saturated carbocycles. The number of hydrogen-bond acceptors (Lipinski definition) is 9. The van der Waals surface area contributed by atoms with Crippen LogP contribution in [-0.4, -0.2) is 64.5 Å². The number of benzene rings is 3. The summed E-state index contributed by atoms with van der Waals surface area (Å²) < 4.78 is 56.2. The van der Waals surface area contributed by atoms with Gasteiger partial charge in [0.05, 0.1) is 6.20 Å². The van der Waals surface area contributed by atoms with Crippen molar-refractivity contribution in [2.24, 2.45) is 0 Å². The van der Waals surface area contributed by atoms with Gasteiger partial charge in [0.1, 0.15) is 48.1 Å². The largest absolute Gasteiger partial charge is 0.457 e. The number of nitrogens with zero attached hydrogens (tertiary/aromatic N) is 3. The van der Waals surface area contributed by atoms with Crippen LogP contribution in [0.15, 0.2) is 95.9 Å². The van der Waals surface area contributed by atoms with E-state index in [1.807, 2.05) is 6.07 Å². The summed E-state index contributed by atoms with van der Waals surface area (Å²) in [6.45, 7) is 3.03. The molecule has 1 fully saturated rings. The van der Waals surface area contributed by atoms with Crippen molar-refractivity contribution in [3.05, 3.63) is 136 Å². The fraction of sp³-hybridized carbons (Fsp3) is 0.250. The fourth-order valence-corrected chi connectivity index (χ4v) is 6.07. The van der Waals surface area contributed by atoms with Gasteiger partial charge in [-0.25, -0.2) is 27.7 Å². The zero-order chi connectivity index (χ0) is 39.9. The van der Waals surface area contributed by atoms with Crippen molar-refractivity contribution in [3.63, 3.8) is 0 Å². The number of nitrogens with one attached hydrogen (secondary N) is 3. The lowest BCUT2D eigenvalue weighted by molar-refractivity contribution is -0.129. The van der Waals surface area contributed by atoms with Crippen molar-refractivity contribution in [2.75, 3.05) is 18.0 Å². The molecule has 1 saturated heterocycles. The van der Waals surface area contributed by atoms with Gasteiger partial charge < -0.3 is 30.3 Å². The monoisotopic (exact) mass is 770 g/mol. The van der Waals surface area contributed by atoms with Crippen molar-refractivity contribution in [2.45, 2.75) is 51.6 Å². The van der Waals surface area contributed by atoms with E-state index in [1.165, 1.54) is 18.7 Å². The zero-order valence-electron chi connectivity index (χ0n) is 30.3. The molecule has 5 aromatic rings. The Hall–Kier alpha value is -6.71. The molecule has 0 radical (unpaired) electrons. The number of rotatable bonds is 12. The van der Waals surface area contributed by atoms with Gasteiger partial charge in [-0.05, 0) is 49.6 Å². The molecule has 1 unspecified atom stereocenters. The third kappa shape index (κ3) is 9.14. The summed E-state index contributed by atoms with van der Waals surface area (Å²) in [5.74, 6) is -5.26. The molecular formula is C40H37F3N6O7. The maximum Gasteiger partial charge on any atom is 0.408 e. The third-order valence-corrected chi connectivity index (χ3v) is 9.06. The minimum Gasteiger partial charge on any atom is -0.457 e. The van der Waals surface area contributed by atoms with Crippen LogP contribution in [0.5, 0.6) is 0 Å². The van der Waals surface area contributed by atoms with Crippen LogP contribution in [0.1, 0.15) is 41.8 Å². The van der Waals surface area contributed by atoms with Crippen molar-refractivity contribution >= 4 is 35.3 Å². The molecule has 0 spiro atoms. The Bertz CT molecular complexity index is 2330. The minimum absolute atomic E-state index is 0.0102. The molecule has 1 aliphatic heterocycles. The third-order valence-electron chi connectivity index (χ3n) is 9.06. The molecule has 290 valence electrons. The van der Waals surface area contributed by atoms with Gasteiger partial charge >= 0.3 is 12.1 Å². The number of carbonyl (C=O) groups excluding carboxylic acids is 4. The lowest BCUT2D eigenvalue weighted by atomic mass is 10.0. The molecule has 3 amide bonds. The lowest BCUT2D eigenvalue weighted by Gasteiger charge is -2.22. The van der Waals surface area contributed by atoms with E-state index >= 15 is 8.78 Å². The molecular weight excluding hydrogens is 733 g/mol. The fourth-order valence-electron chi connectivity index (χ4n) is 6.07. The summed E-state index contributed by atoms with van der Waals surface area (Å²) in [6, 6.07) is 18.9. The summed E-state index contributed by atoms with van der Waals surface area (Å²) >= 11 is 0. The van der Waals surface area contributed by atoms with Crippen molar-refractivity contribution in [3.8, 4) is 11.1 Å². The Labute approximate surface area is 318 Å². The van der Waals surface area contributed by atoms with Gasteiger partial charge in [-0.2, -0.15) is 0 Å². The van der Waals surface area contributed by atoms with Gasteiger partial charge in [0, 0.05) is 36.3 Å². The standard InChI is InChI=1S/C40H37F3N6O7/c1-23(44-36(50)24(2)45-40(54)56-22-26-11-7-4-8-12-26)37(51)46-28-15-16-48(19-28)35-33(43)20-49-34(47-35)30(29-14-13-27(41)17-32(29)42)18-31(38(49)52)39(53)55-21-25-9-5-3-6-10-25/h3-14,17-18,20,23-24,28H,15-16,19,21-22H2,1-2H3,(H,44,50)(H,45,54)(H,46,51)/t23-,24-,28?/m0/s1. The molecule has 3 heterocycles. The van der Waals surface area contributed by atoms with E-state index in [0.717, 1.165) is 34.4 Å². The molecule has 13 nitrogen and oxygen atoms in total. The molecule has 0 aliphatic carbocycles. The van der Waals surface area contributed by atoms with Crippen LogP contribution < -0.4 is 26.4 Å². The number of amides is 3. The Kier molecular flexibility index (Phi) is 12.0. The second-order valence-corrected chi connectivity index (χ2v) is 13.2. The predicted molar refractivity (Wildman–Crippen MR) is 198 cm³/mol. The Morgan fingerprint density at radius 3 is 2.11 bits per heavy atom. The van der Waals surface area contributed by atoms with Crippen molar-refractivity contribution < 1.29 is 41.8 Å². The summed E-state index contributed by atoms with van der Waals surface area (Å²) in [6.07, 6.45) is 0.369. The molecule has 6 rings (SSSR count). The molecule has 2 aromatic heterocycles. The maximum atomic E-state index is 15.8. The molecule has 3 aromatic carbocycles. The van der Waals surface area contributed by atoms with E-state index in [4.69, 9.17) is 9.47 Å². The Morgan fingerprint density at radius 2 is 1.45 bits per heavy atom. The normalized spacial score (nSPS) is 14.8. The van der Waals surface area contributed by atoms with Crippen LogP contribution in [0.3, 0.4) is 0 Å². The summed E-state index contributed by atoms with van der Waals surface area (Å²) in [5.41, 5.74) is -0.610. The van der Waals surface area contributed by atoms with Crippen LogP contribution in [0.2, 0.25) is 0 Å². The number of anilines is 1. The topological polar surface area (TPSA) is 160 Å².